The molecule has 1 aliphatic carbocycles. The fraction of sp³-hybridized carbons (Fsp3) is 0.333. The van der Waals surface area contributed by atoms with Crippen molar-refractivity contribution in [3.05, 3.63) is 58.7 Å². The molecule has 0 N–H and O–H groups in total. The maximum atomic E-state index is 3.87. The minimum Gasteiger partial charge on any atom is -0.0842 e. The number of hydrogen-bond acceptors (Lipinski definition) is 0. The number of alkyl halides is 4. The Bertz CT molecular complexity index is 996. The summed E-state index contributed by atoms with van der Waals surface area (Å²) in [5.74, 6) is 0. The molecule has 0 aliphatic heterocycles. The lowest BCUT2D eigenvalue weighted by Crippen LogP contribution is -1.98. The second-order valence-corrected chi connectivity index (χ2v) is 13.1. The summed E-state index contributed by atoms with van der Waals surface area (Å²) >= 11 is 15.5. The van der Waals surface area contributed by atoms with Crippen LogP contribution in [0.2, 0.25) is 0 Å². The summed E-state index contributed by atoms with van der Waals surface area (Å²) in [5.41, 5.74) is 11.0. The Labute approximate surface area is 201 Å². The van der Waals surface area contributed by atoms with Crippen LogP contribution in [0, 0.1) is 0 Å². The van der Waals surface area contributed by atoms with Gasteiger partial charge in [-0.15, -0.1) is 0 Å². The lowest BCUT2D eigenvalue weighted by atomic mass is 9.89. The molecule has 0 saturated heterocycles. The average molecular weight is 630 g/mol. The zero-order valence-corrected chi connectivity index (χ0v) is 22.6. The zero-order chi connectivity index (χ0) is 20.3. The standard InChI is InChI=1S/C24H22Br4/c1-11(25)16-7-5-15-6-8-17(12(2)26)22-20(15)21(16)23-18(13(3)27)9-10-19(14(4)28)24(22)23/h5-14H,1-4H3. The first-order chi connectivity index (χ1) is 13.2. The van der Waals surface area contributed by atoms with Gasteiger partial charge in [0.2, 0.25) is 0 Å². The average Bonchev–Trinajstić information content (AvgIpc) is 2.98. The molecule has 0 nitrogen and oxygen atoms in total. The van der Waals surface area contributed by atoms with E-state index >= 15 is 0 Å². The van der Waals surface area contributed by atoms with Crippen molar-refractivity contribution >= 4 is 74.5 Å². The van der Waals surface area contributed by atoms with Crippen LogP contribution in [0.4, 0.5) is 0 Å². The normalized spacial score (nSPS) is 16.7. The molecule has 0 amide bonds. The molecule has 0 spiro atoms. The lowest BCUT2D eigenvalue weighted by molar-refractivity contribution is 1.08. The van der Waals surface area contributed by atoms with Crippen LogP contribution in [-0.2, 0) is 0 Å². The molecular weight excluding hydrogens is 608 g/mol. The topological polar surface area (TPSA) is 0 Å². The smallest absolute Gasteiger partial charge is 0.0373 e. The maximum absolute atomic E-state index is 3.87. The van der Waals surface area contributed by atoms with Gasteiger partial charge in [-0.25, -0.2) is 0 Å². The second kappa shape index (κ2) is 7.83. The Morgan fingerprint density at radius 2 is 0.750 bits per heavy atom. The first-order valence-electron chi connectivity index (χ1n) is 9.57. The van der Waals surface area contributed by atoms with E-state index in [-0.39, 0.29) is 9.65 Å². The number of halogens is 4. The van der Waals surface area contributed by atoms with Gasteiger partial charge in [0.05, 0.1) is 0 Å². The molecule has 3 aromatic carbocycles. The summed E-state index contributed by atoms with van der Waals surface area (Å²) in [7, 11) is 0. The highest BCUT2D eigenvalue weighted by Gasteiger charge is 2.33. The second-order valence-electron chi connectivity index (χ2n) is 7.62. The van der Waals surface area contributed by atoms with Crippen molar-refractivity contribution < 1.29 is 0 Å². The van der Waals surface area contributed by atoms with Crippen LogP contribution >= 0.6 is 63.7 Å². The summed E-state index contributed by atoms with van der Waals surface area (Å²) < 4.78 is 0. The van der Waals surface area contributed by atoms with Crippen molar-refractivity contribution in [2.24, 2.45) is 0 Å². The van der Waals surface area contributed by atoms with Gasteiger partial charge in [-0.2, -0.15) is 0 Å². The van der Waals surface area contributed by atoms with Crippen LogP contribution in [0.1, 0.15) is 69.3 Å². The number of hydrogen-bond donors (Lipinski definition) is 0. The largest absolute Gasteiger partial charge is 0.0842 e. The molecule has 0 fully saturated rings. The molecular formula is C24H22Br4. The molecule has 4 unspecified atom stereocenters. The highest BCUT2D eigenvalue weighted by atomic mass is 79.9. The van der Waals surface area contributed by atoms with Crippen LogP contribution in [0.5, 0.6) is 0 Å². The van der Waals surface area contributed by atoms with Crippen molar-refractivity contribution in [3.8, 4) is 22.3 Å². The number of rotatable bonds is 4. The third-order valence-corrected chi connectivity index (χ3v) is 7.71. The Morgan fingerprint density at radius 1 is 0.464 bits per heavy atom. The number of benzene rings is 3. The fourth-order valence-electron chi connectivity index (χ4n) is 4.49. The van der Waals surface area contributed by atoms with Crippen LogP contribution < -0.4 is 0 Å². The molecule has 146 valence electrons. The van der Waals surface area contributed by atoms with Crippen LogP contribution in [-0.4, -0.2) is 0 Å². The molecule has 0 heterocycles. The van der Waals surface area contributed by atoms with E-state index in [1.807, 2.05) is 0 Å². The van der Waals surface area contributed by atoms with Gasteiger partial charge in [0.25, 0.3) is 0 Å². The van der Waals surface area contributed by atoms with Gasteiger partial charge in [0.15, 0.2) is 0 Å². The van der Waals surface area contributed by atoms with E-state index in [9.17, 15) is 0 Å². The summed E-state index contributed by atoms with van der Waals surface area (Å²) in [6, 6.07) is 13.7. The molecule has 4 heteroatoms. The molecule has 0 saturated carbocycles. The van der Waals surface area contributed by atoms with Crippen molar-refractivity contribution in [2.45, 2.75) is 47.0 Å². The van der Waals surface area contributed by atoms with Crippen LogP contribution in [0.25, 0.3) is 33.0 Å². The highest BCUT2D eigenvalue weighted by Crippen LogP contribution is 2.58. The van der Waals surface area contributed by atoms with Gasteiger partial charge < -0.3 is 0 Å². The first kappa shape index (κ1) is 21.1. The summed E-state index contributed by atoms with van der Waals surface area (Å²) in [4.78, 5) is 1.15. The predicted molar refractivity (Wildman–Crippen MR) is 138 cm³/mol. The van der Waals surface area contributed by atoms with Gasteiger partial charge in [-0.1, -0.05) is 100 Å². The SMILES string of the molecule is CC(Br)c1ccc(C(C)Br)c2c1-c1c(C(C)Br)ccc3ccc(C(C)Br)c-2c13. The lowest BCUT2D eigenvalue weighted by Gasteiger charge is -2.20. The van der Waals surface area contributed by atoms with Crippen LogP contribution in [0.15, 0.2) is 36.4 Å². The zero-order valence-electron chi connectivity index (χ0n) is 16.3. The predicted octanol–water partition coefficient (Wildman–Crippen LogP) is 10.3. The van der Waals surface area contributed by atoms with E-state index in [0.29, 0.717) is 9.65 Å². The van der Waals surface area contributed by atoms with E-state index in [2.05, 4.69) is 128 Å². The van der Waals surface area contributed by atoms with Crippen molar-refractivity contribution in [3.63, 3.8) is 0 Å². The third-order valence-electron chi connectivity index (χ3n) is 5.73. The van der Waals surface area contributed by atoms with Crippen molar-refractivity contribution in [1.82, 2.24) is 0 Å². The van der Waals surface area contributed by atoms with Gasteiger partial charge in [-0.3, -0.25) is 0 Å². The van der Waals surface area contributed by atoms with Crippen molar-refractivity contribution in [2.75, 3.05) is 0 Å². The van der Waals surface area contributed by atoms with Gasteiger partial charge in [0, 0.05) is 19.3 Å². The Morgan fingerprint density at radius 3 is 1.07 bits per heavy atom. The van der Waals surface area contributed by atoms with E-state index < -0.39 is 0 Å². The summed E-state index contributed by atoms with van der Waals surface area (Å²) in [6.07, 6.45) is 0. The van der Waals surface area contributed by atoms with E-state index in [1.54, 1.807) is 0 Å². The number of fused-ring (bicyclic) bond motifs is 3. The summed E-state index contributed by atoms with van der Waals surface area (Å²) in [5, 5.41) is 2.72. The molecule has 1 aliphatic rings. The third kappa shape index (κ3) is 3.18. The monoisotopic (exact) mass is 626 g/mol. The van der Waals surface area contributed by atoms with E-state index in [0.717, 1.165) is 0 Å². The molecule has 0 aromatic heterocycles. The van der Waals surface area contributed by atoms with Crippen molar-refractivity contribution in [1.29, 1.82) is 0 Å². The quantitative estimate of drug-likeness (QED) is 0.197. The molecule has 28 heavy (non-hydrogen) atoms. The molecule has 4 atom stereocenters. The Hall–Kier alpha value is -0.160. The maximum Gasteiger partial charge on any atom is 0.0373 e. The first-order valence-corrected chi connectivity index (χ1v) is 13.2. The molecule has 0 radical (unpaired) electrons. The minimum absolute atomic E-state index is 0.286. The summed E-state index contributed by atoms with van der Waals surface area (Å²) in [6.45, 7) is 8.89. The van der Waals surface area contributed by atoms with Gasteiger partial charge in [-0.05, 0) is 83.0 Å². The minimum atomic E-state index is 0.286. The Kier molecular flexibility index (Phi) is 5.90. The fourth-order valence-corrected chi connectivity index (χ4v) is 6.01. The van der Waals surface area contributed by atoms with E-state index in [4.69, 9.17) is 0 Å². The molecule has 4 rings (SSSR count). The molecule has 3 aromatic rings. The van der Waals surface area contributed by atoms with Crippen LogP contribution in [0.3, 0.4) is 0 Å². The van der Waals surface area contributed by atoms with Gasteiger partial charge in [0.1, 0.15) is 0 Å². The molecule has 0 bridgehead atoms. The van der Waals surface area contributed by atoms with Gasteiger partial charge >= 0.3 is 0 Å². The van der Waals surface area contributed by atoms with E-state index in [1.165, 1.54) is 55.3 Å². The Balaban J connectivity index is 2.29. The highest BCUT2D eigenvalue weighted by molar-refractivity contribution is 9.09.